The van der Waals surface area contributed by atoms with Crippen LogP contribution in [-0.2, 0) is 32.6 Å². The molecule has 0 heterocycles. The van der Waals surface area contributed by atoms with E-state index in [4.69, 9.17) is 0 Å². The van der Waals surface area contributed by atoms with Crippen molar-refractivity contribution in [3.63, 3.8) is 0 Å². The van der Waals surface area contributed by atoms with Crippen molar-refractivity contribution in [3.05, 3.63) is 102 Å². The third kappa shape index (κ3) is 9.03. The summed E-state index contributed by atoms with van der Waals surface area (Å²) in [7, 11) is -2.14. The van der Waals surface area contributed by atoms with Gasteiger partial charge in [-0.2, -0.15) is 0 Å². The molecule has 8 heteroatoms. The summed E-state index contributed by atoms with van der Waals surface area (Å²) in [5.74, 6) is -0.418. The summed E-state index contributed by atoms with van der Waals surface area (Å²) in [6.07, 6.45) is 0.793. The molecule has 40 heavy (non-hydrogen) atoms. The average Bonchev–Trinajstić information content (AvgIpc) is 2.90. The van der Waals surface area contributed by atoms with E-state index in [1.807, 2.05) is 82.3 Å². The lowest BCUT2D eigenvalue weighted by Crippen LogP contribution is -2.54. The zero-order valence-electron chi connectivity index (χ0n) is 24.1. The van der Waals surface area contributed by atoms with E-state index in [2.05, 4.69) is 5.32 Å². The first kappa shape index (κ1) is 31.0. The Hall–Kier alpha value is -3.49. The first-order chi connectivity index (χ1) is 18.9. The van der Waals surface area contributed by atoms with Crippen LogP contribution in [0.15, 0.2) is 89.8 Å². The van der Waals surface area contributed by atoms with E-state index in [0.29, 0.717) is 12.8 Å². The van der Waals surface area contributed by atoms with Crippen LogP contribution < -0.4 is 5.32 Å². The van der Waals surface area contributed by atoms with E-state index < -0.39 is 21.6 Å². The van der Waals surface area contributed by atoms with Crippen molar-refractivity contribution in [2.75, 3.05) is 13.6 Å². The normalized spacial score (nSPS) is 12.7. The Balaban J connectivity index is 1.85. The molecular weight excluding hydrogens is 522 g/mol. The smallest absolute Gasteiger partial charge is 0.243 e. The molecular formula is C32H41N3O4S. The van der Waals surface area contributed by atoms with Crippen molar-refractivity contribution in [2.24, 2.45) is 0 Å². The summed E-state index contributed by atoms with van der Waals surface area (Å²) < 4.78 is 27.1. The Morgan fingerprint density at radius 3 is 2.08 bits per heavy atom. The van der Waals surface area contributed by atoms with E-state index >= 15 is 0 Å². The van der Waals surface area contributed by atoms with Gasteiger partial charge in [-0.25, -0.2) is 12.7 Å². The van der Waals surface area contributed by atoms with Crippen molar-refractivity contribution in [2.45, 2.75) is 70.0 Å². The Morgan fingerprint density at radius 1 is 0.875 bits per heavy atom. The van der Waals surface area contributed by atoms with Crippen LogP contribution in [0.5, 0.6) is 0 Å². The highest BCUT2D eigenvalue weighted by Crippen LogP contribution is 2.19. The third-order valence-corrected chi connectivity index (χ3v) is 8.39. The molecule has 0 radical (unpaired) electrons. The van der Waals surface area contributed by atoms with Gasteiger partial charge in [-0.05, 0) is 57.4 Å². The SMILES string of the molecule is Cc1cccc(CN(C(=O)CCCN(C)S(=O)(=O)c2ccccc2)[C@H](Cc2ccccc2)C(=O)NC(C)(C)C)c1. The molecule has 2 amide bonds. The molecule has 7 nitrogen and oxygen atoms in total. The molecule has 0 saturated carbocycles. The number of nitrogens with zero attached hydrogens (tertiary/aromatic N) is 2. The van der Waals surface area contributed by atoms with E-state index in [-0.39, 0.29) is 36.2 Å². The van der Waals surface area contributed by atoms with Crippen LogP contribution in [0.4, 0.5) is 0 Å². The Morgan fingerprint density at radius 2 is 1.48 bits per heavy atom. The van der Waals surface area contributed by atoms with Gasteiger partial charge >= 0.3 is 0 Å². The predicted molar refractivity (Wildman–Crippen MR) is 159 cm³/mol. The summed E-state index contributed by atoms with van der Waals surface area (Å²) >= 11 is 0. The Kier molecular flexibility index (Phi) is 10.7. The van der Waals surface area contributed by atoms with Gasteiger partial charge in [0.1, 0.15) is 6.04 Å². The molecule has 0 spiro atoms. The van der Waals surface area contributed by atoms with Crippen molar-refractivity contribution in [3.8, 4) is 0 Å². The van der Waals surface area contributed by atoms with Gasteiger partial charge in [0.2, 0.25) is 21.8 Å². The minimum absolute atomic E-state index is 0.106. The maximum Gasteiger partial charge on any atom is 0.243 e. The number of rotatable bonds is 12. The standard InChI is InChI=1S/C32H41N3O4S/c1-25-14-12-17-27(22-25)24-35(29(31(37)33-32(2,3)4)23-26-15-8-6-9-16-26)30(36)20-13-21-34(5)40(38,39)28-18-10-7-11-19-28/h6-12,14-19,22,29H,13,20-21,23-24H2,1-5H3,(H,33,37)/t29-/m1/s1. The number of carbonyl (C=O) groups excluding carboxylic acids is 2. The van der Waals surface area contributed by atoms with Gasteiger partial charge in [-0.1, -0.05) is 78.4 Å². The molecule has 0 fully saturated rings. The zero-order chi connectivity index (χ0) is 29.3. The number of sulfonamides is 1. The number of aryl methyl sites for hydroxylation is 1. The van der Waals surface area contributed by atoms with Gasteiger partial charge in [0.15, 0.2) is 0 Å². The molecule has 0 aliphatic carbocycles. The second-order valence-electron chi connectivity index (χ2n) is 11.2. The highest BCUT2D eigenvalue weighted by atomic mass is 32.2. The van der Waals surface area contributed by atoms with E-state index in [1.54, 1.807) is 35.2 Å². The number of nitrogens with one attached hydrogen (secondary N) is 1. The van der Waals surface area contributed by atoms with Gasteiger partial charge in [0.25, 0.3) is 0 Å². The lowest BCUT2D eigenvalue weighted by molar-refractivity contribution is -0.142. The molecule has 3 aromatic carbocycles. The second kappa shape index (κ2) is 13.7. The fourth-order valence-corrected chi connectivity index (χ4v) is 5.73. The number of hydrogen-bond acceptors (Lipinski definition) is 4. The van der Waals surface area contributed by atoms with Gasteiger partial charge in [0, 0.05) is 38.5 Å². The Labute approximate surface area is 239 Å². The molecule has 0 saturated heterocycles. The van der Waals surface area contributed by atoms with Gasteiger partial charge in [-0.15, -0.1) is 0 Å². The molecule has 0 aromatic heterocycles. The molecule has 0 aliphatic heterocycles. The first-order valence-corrected chi connectivity index (χ1v) is 15.0. The van der Waals surface area contributed by atoms with Gasteiger partial charge in [0.05, 0.1) is 4.90 Å². The average molecular weight is 564 g/mol. The molecule has 3 rings (SSSR count). The maximum absolute atomic E-state index is 13.8. The highest BCUT2D eigenvalue weighted by Gasteiger charge is 2.32. The molecule has 3 aromatic rings. The summed E-state index contributed by atoms with van der Waals surface area (Å²) in [5.41, 5.74) is 2.47. The van der Waals surface area contributed by atoms with E-state index in [0.717, 1.165) is 16.7 Å². The fraction of sp³-hybridized carbons (Fsp3) is 0.375. The number of amides is 2. The van der Waals surface area contributed by atoms with Crippen LogP contribution in [0.25, 0.3) is 0 Å². The third-order valence-electron chi connectivity index (χ3n) is 6.52. The number of carbonyl (C=O) groups is 2. The van der Waals surface area contributed by atoms with Gasteiger partial charge < -0.3 is 10.2 Å². The molecule has 0 bridgehead atoms. The maximum atomic E-state index is 13.8. The summed E-state index contributed by atoms with van der Waals surface area (Å²) in [4.78, 5) is 29.3. The number of benzene rings is 3. The minimum Gasteiger partial charge on any atom is -0.350 e. The zero-order valence-corrected chi connectivity index (χ0v) is 24.9. The van der Waals surface area contributed by atoms with Crippen LogP contribution >= 0.6 is 0 Å². The molecule has 0 aliphatic rings. The van der Waals surface area contributed by atoms with Crippen LogP contribution in [0.1, 0.15) is 50.3 Å². The Bertz CT molecular complexity index is 1370. The van der Waals surface area contributed by atoms with Gasteiger partial charge in [-0.3, -0.25) is 9.59 Å². The van der Waals surface area contributed by atoms with E-state index in [1.165, 1.54) is 11.4 Å². The summed E-state index contributed by atoms with van der Waals surface area (Å²) in [5, 5.41) is 3.06. The molecule has 214 valence electrons. The summed E-state index contributed by atoms with van der Waals surface area (Å²) in [6.45, 7) is 8.19. The monoisotopic (exact) mass is 563 g/mol. The van der Waals surface area contributed by atoms with Crippen molar-refractivity contribution in [1.29, 1.82) is 0 Å². The molecule has 0 unspecified atom stereocenters. The van der Waals surface area contributed by atoms with E-state index in [9.17, 15) is 18.0 Å². The highest BCUT2D eigenvalue weighted by molar-refractivity contribution is 7.89. The lowest BCUT2D eigenvalue weighted by Gasteiger charge is -2.34. The molecule has 1 atom stereocenters. The number of hydrogen-bond donors (Lipinski definition) is 1. The van der Waals surface area contributed by atoms with Crippen molar-refractivity contribution in [1.82, 2.24) is 14.5 Å². The largest absolute Gasteiger partial charge is 0.350 e. The van der Waals surface area contributed by atoms with Crippen molar-refractivity contribution < 1.29 is 18.0 Å². The van der Waals surface area contributed by atoms with Crippen LogP contribution in [-0.4, -0.2) is 54.6 Å². The van der Waals surface area contributed by atoms with Crippen molar-refractivity contribution >= 4 is 21.8 Å². The fourth-order valence-electron chi connectivity index (χ4n) is 4.50. The predicted octanol–water partition coefficient (Wildman–Crippen LogP) is 4.95. The first-order valence-electron chi connectivity index (χ1n) is 13.6. The minimum atomic E-state index is -3.66. The van der Waals surface area contributed by atoms with Crippen LogP contribution in [0, 0.1) is 6.92 Å². The lowest BCUT2D eigenvalue weighted by atomic mass is 10.00. The second-order valence-corrected chi connectivity index (χ2v) is 13.2. The van der Waals surface area contributed by atoms with Crippen LogP contribution in [0.3, 0.4) is 0 Å². The quantitative estimate of drug-likeness (QED) is 0.338. The summed E-state index contributed by atoms with van der Waals surface area (Å²) in [6, 6.07) is 25.1. The topological polar surface area (TPSA) is 86.8 Å². The molecule has 1 N–H and O–H groups in total. The van der Waals surface area contributed by atoms with Crippen LogP contribution in [0.2, 0.25) is 0 Å².